The zero-order valence-electron chi connectivity index (χ0n) is 17.4. The van der Waals surface area contributed by atoms with Crippen molar-refractivity contribution in [1.82, 2.24) is 9.78 Å². The molecule has 0 aliphatic rings. The highest BCUT2D eigenvalue weighted by molar-refractivity contribution is 7.99. The number of nitrogens with one attached hydrogen (secondary N) is 1. The van der Waals surface area contributed by atoms with Gasteiger partial charge in [-0.15, -0.1) is 0 Å². The normalized spacial score (nSPS) is 10.7. The fourth-order valence-electron chi connectivity index (χ4n) is 3.12. The fourth-order valence-corrected chi connectivity index (χ4v) is 4.15. The van der Waals surface area contributed by atoms with Crippen LogP contribution in [0.5, 0.6) is 0 Å². The number of esters is 1. The molecule has 0 unspecified atom stereocenters. The van der Waals surface area contributed by atoms with Crippen molar-refractivity contribution in [1.29, 1.82) is 0 Å². The van der Waals surface area contributed by atoms with Crippen LogP contribution in [0.4, 0.5) is 5.69 Å². The van der Waals surface area contributed by atoms with Gasteiger partial charge in [0.15, 0.2) is 12.3 Å². The van der Waals surface area contributed by atoms with Crippen molar-refractivity contribution in [3.8, 4) is 0 Å². The van der Waals surface area contributed by atoms with E-state index in [2.05, 4.69) is 10.4 Å². The summed E-state index contributed by atoms with van der Waals surface area (Å²) >= 11 is 7.41. The second kappa shape index (κ2) is 9.89. The molecule has 1 heterocycles. The number of anilines is 1. The molecular formula is C24H18ClN3O4S. The molecule has 0 bridgehead atoms. The van der Waals surface area contributed by atoms with Crippen molar-refractivity contribution in [2.75, 3.05) is 11.9 Å². The number of benzene rings is 3. The number of hydrogen-bond acceptors (Lipinski definition) is 6. The molecule has 33 heavy (non-hydrogen) atoms. The summed E-state index contributed by atoms with van der Waals surface area (Å²) < 4.78 is 6.26. The van der Waals surface area contributed by atoms with Crippen molar-refractivity contribution in [3.05, 3.63) is 93.9 Å². The first-order chi connectivity index (χ1) is 15.9. The van der Waals surface area contributed by atoms with Crippen LogP contribution in [0.25, 0.3) is 10.8 Å². The average Bonchev–Trinajstić information content (AvgIpc) is 2.82. The van der Waals surface area contributed by atoms with Gasteiger partial charge in [0.1, 0.15) is 0 Å². The number of fused-ring (bicyclic) bond motifs is 1. The molecular weight excluding hydrogens is 462 g/mol. The molecule has 4 rings (SSSR count). The van der Waals surface area contributed by atoms with E-state index in [4.69, 9.17) is 16.3 Å². The molecule has 0 aliphatic heterocycles. The van der Waals surface area contributed by atoms with Gasteiger partial charge in [-0.1, -0.05) is 53.7 Å². The number of amides is 1. The highest BCUT2D eigenvalue weighted by Crippen LogP contribution is 2.33. The van der Waals surface area contributed by atoms with Gasteiger partial charge in [0.05, 0.1) is 11.1 Å². The van der Waals surface area contributed by atoms with Crippen LogP contribution in [0.3, 0.4) is 0 Å². The average molecular weight is 480 g/mol. The molecule has 0 fully saturated rings. The molecule has 1 N–H and O–H groups in total. The summed E-state index contributed by atoms with van der Waals surface area (Å²) in [6.45, 7) is -0.502. The zero-order valence-corrected chi connectivity index (χ0v) is 19.0. The lowest BCUT2D eigenvalue weighted by Gasteiger charge is -2.12. The Balaban J connectivity index is 1.45. The Morgan fingerprint density at radius 2 is 1.67 bits per heavy atom. The Hall–Kier alpha value is -3.62. The first-order valence-corrected chi connectivity index (χ1v) is 11.1. The van der Waals surface area contributed by atoms with Gasteiger partial charge in [-0.25, -0.2) is 9.48 Å². The van der Waals surface area contributed by atoms with E-state index >= 15 is 0 Å². The number of para-hydroxylation sites is 1. The molecule has 7 nitrogen and oxygen atoms in total. The minimum absolute atomic E-state index is 0.0285. The number of carbonyl (C=O) groups excluding carboxylic acids is 2. The van der Waals surface area contributed by atoms with Crippen molar-refractivity contribution < 1.29 is 14.3 Å². The van der Waals surface area contributed by atoms with Gasteiger partial charge < -0.3 is 10.1 Å². The quantitative estimate of drug-likeness (QED) is 0.408. The Labute approximate surface area is 198 Å². The third-order valence-electron chi connectivity index (χ3n) is 4.69. The van der Waals surface area contributed by atoms with Gasteiger partial charge in [-0.2, -0.15) is 5.10 Å². The standard InChI is InChI=1S/C24H18ClN3O4S/c1-28-23(30)18-7-3-2-6-17(18)22(27-28)24(31)32-14-21(29)26-19-8-4-5-9-20(19)33-16-12-10-15(25)11-13-16/h2-13H,14H2,1H3,(H,26,29). The highest BCUT2D eigenvalue weighted by Gasteiger charge is 2.18. The molecule has 0 saturated carbocycles. The Morgan fingerprint density at radius 3 is 2.42 bits per heavy atom. The summed E-state index contributed by atoms with van der Waals surface area (Å²) in [6, 6.07) is 21.3. The largest absolute Gasteiger partial charge is 0.451 e. The van der Waals surface area contributed by atoms with Crippen LogP contribution in [0, 0.1) is 0 Å². The predicted octanol–water partition coefficient (Wildman–Crippen LogP) is 4.53. The van der Waals surface area contributed by atoms with Crippen molar-refractivity contribution in [2.45, 2.75) is 9.79 Å². The number of carbonyl (C=O) groups is 2. The Kier molecular flexibility index (Phi) is 6.76. The van der Waals surface area contributed by atoms with Gasteiger partial charge in [-0.05, 0) is 42.5 Å². The van der Waals surface area contributed by atoms with Crippen molar-refractivity contribution in [3.63, 3.8) is 0 Å². The number of ether oxygens (including phenoxy) is 1. The molecule has 0 spiro atoms. The monoisotopic (exact) mass is 479 g/mol. The maximum atomic E-state index is 12.6. The summed E-state index contributed by atoms with van der Waals surface area (Å²) in [7, 11) is 1.45. The summed E-state index contributed by atoms with van der Waals surface area (Å²) in [4.78, 5) is 39.1. The number of rotatable bonds is 6. The minimum atomic E-state index is -0.791. The van der Waals surface area contributed by atoms with Crippen LogP contribution in [0.2, 0.25) is 5.02 Å². The molecule has 0 atom stereocenters. The topological polar surface area (TPSA) is 90.3 Å². The van der Waals surface area contributed by atoms with E-state index in [0.717, 1.165) is 14.5 Å². The zero-order chi connectivity index (χ0) is 23.4. The fraction of sp³-hybridized carbons (Fsp3) is 0.0833. The number of aromatic nitrogens is 2. The van der Waals surface area contributed by atoms with Gasteiger partial charge in [0, 0.05) is 27.2 Å². The Morgan fingerprint density at radius 1 is 1.00 bits per heavy atom. The lowest BCUT2D eigenvalue weighted by Crippen LogP contribution is -2.26. The minimum Gasteiger partial charge on any atom is -0.451 e. The van der Waals surface area contributed by atoms with E-state index in [1.807, 2.05) is 24.3 Å². The van der Waals surface area contributed by atoms with Crippen LogP contribution >= 0.6 is 23.4 Å². The third-order valence-corrected chi connectivity index (χ3v) is 6.02. The van der Waals surface area contributed by atoms with Gasteiger partial charge in [0.2, 0.25) is 0 Å². The van der Waals surface area contributed by atoms with Gasteiger partial charge in [0.25, 0.3) is 11.5 Å². The molecule has 166 valence electrons. The van der Waals surface area contributed by atoms with Gasteiger partial charge in [-0.3, -0.25) is 9.59 Å². The van der Waals surface area contributed by atoms with E-state index in [0.29, 0.717) is 21.5 Å². The predicted molar refractivity (Wildman–Crippen MR) is 128 cm³/mol. The number of halogens is 1. The summed E-state index contributed by atoms with van der Waals surface area (Å²) in [6.07, 6.45) is 0. The van der Waals surface area contributed by atoms with E-state index < -0.39 is 18.5 Å². The van der Waals surface area contributed by atoms with Crippen LogP contribution in [0.15, 0.2) is 87.4 Å². The molecule has 3 aromatic carbocycles. The lowest BCUT2D eigenvalue weighted by atomic mass is 10.1. The number of nitrogens with zero attached hydrogens (tertiary/aromatic N) is 2. The highest BCUT2D eigenvalue weighted by atomic mass is 35.5. The number of aryl methyl sites for hydroxylation is 1. The van der Waals surface area contributed by atoms with E-state index in [1.165, 1.54) is 18.8 Å². The smallest absolute Gasteiger partial charge is 0.359 e. The summed E-state index contributed by atoms with van der Waals surface area (Å²) in [5.74, 6) is -1.29. The van der Waals surface area contributed by atoms with Crippen LogP contribution in [0.1, 0.15) is 10.5 Å². The molecule has 0 radical (unpaired) electrons. The molecule has 9 heteroatoms. The Bertz CT molecular complexity index is 1400. The summed E-state index contributed by atoms with van der Waals surface area (Å²) in [5.41, 5.74) is 0.234. The lowest BCUT2D eigenvalue weighted by molar-refractivity contribution is -0.119. The molecule has 1 amide bonds. The van der Waals surface area contributed by atoms with Crippen molar-refractivity contribution in [2.24, 2.45) is 7.05 Å². The first-order valence-electron chi connectivity index (χ1n) is 9.88. The second-order valence-corrected chi connectivity index (χ2v) is 8.55. The molecule has 1 aromatic heterocycles. The maximum absolute atomic E-state index is 12.6. The van der Waals surface area contributed by atoms with E-state index in [1.54, 1.807) is 48.5 Å². The van der Waals surface area contributed by atoms with Crippen LogP contribution in [-0.2, 0) is 16.6 Å². The van der Waals surface area contributed by atoms with E-state index in [9.17, 15) is 14.4 Å². The van der Waals surface area contributed by atoms with Crippen LogP contribution in [-0.4, -0.2) is 28.3 Å². The van der Waals surface area contributed by atoms with Gasteiger partial charge >= 0.3 is 5.97 Å². The molecule has 0 aliphatic carbocycles. The first kappa shape index (κ1) is 22.6. The SMILES string of the molecule is Cn1nc(C(=O)OCC(=O)Nc2ccccc2Sc2ccc(Cl)cc2)c2ccccc2c1=O. The van der Waals surface area contributed by atoms with Crippen molar-refractivity contribution >= 4 is 51.7 Å². The maximum Gasteiger partial charge on any atom is 0.359 e. The molecule has 4 aromatic rings. The number of hydrogen-bond donors (Lipinski definition) is 1. The summed E-state index contributed by atoms with van der Waals surface area (Å²) in [5, 5.41) is 8.14. The third kappa shape index (κ3) is 5.24. The van der Waals surface area contributed by atoms with Crippen LogP contribution < -0.4 is 10.9 Å². The molecule has 0 saturated heterocycles. The van der Waals surface area contributed by atoms with E-state index in [-0.39, 0.29) is 11.3 Å². The second-order valence-electron chi connectivity index (χ2n) is 7.00.